The largest absolute Gasteiger partial charge is 0.278 e. The Morgan fingerprint density at radius 2 is 1.53 bits per heavy atom. The molecule has 0 spiro atoms. The molecule has 0 saturated heterocycles. The maximum absolute atomic E-state index is 11.8. The molecule has 1 aromatic carbocycles. The summed E-state index contributed by atoms with van der Waals surface area (Å²) in [4.78, 5) is 24.4. The fraction of sp³-hybridized carbons (Fsp3) is 0.0909. The topological polar surface area (TPSA) is 37.4 Å². The fourth-order valence-corrected chi connectivity index (χ4v) is 2.04. The minimum Gasteiger partial charge on any atom is -0.267 e. The van der Waals surface area contributed by atoms with Gasteiger partial charge in [-0.3, -0.25) is 9.59 Å². The molecule has 0 N–H and O–H groups in total. The lowest BCUT2D eigenvalue weighted by Crippen LogP contribution is -2.31. The highest BCUT2D eigenvalue weighted by molar-refractivity contribution is 6.62. The number of benzene rings is 1. The van der Waals surface area contributed by atoms with Crippen LogP contribution in [0.1, 0.15) is 5.56 Å². The van der Waals surface area contributed by atoms with E-state index in [0.717, 1.165) is 10.5 Å². The van der Waals surface area contributed by atoms with Crippen LogP contribution in [0.5, 0.6) is 0 Å². The van der Waals surface area contributed by atoms with Crippen molar-refractivity contribution in [2.24, 2.45) is 0 Å². The third kappa shape index (κ3) is 1.84. The summed E-state index contributed by atoms with van der Waals surface area (Å²) in [5.41, 5.74) is 1.04. The molecule has 3 nitrogen and oxygen atoms in total. The lowest BCUT2D eigenvalue weighted by atomic mass is 10.2. The van der Waals surface area contributed by atoms with Crippen LogP contribution in [0.3, 0.4) is 0 Å². The number of carbonyl (C=O) groups is 2. The van der Waals surface area contributed by atoms with E-state index >= 15 is 0 Å². The number of hydrogen-bond acceptors (Lipinski definition) is 2. The standard InChI is InChI=1S/C11H6Cl3NO2/c1-5-3-2-4-6(7(5)12)15-10(16)8(13)9(14)11(15)17/h2-4H,1H3. The number of anilines is 1. The lowest BCUT2D eigenvalue weighted by Gasteiger charge is -2.16. The first kappa shape index (κ1) is 12.4. The predicted molar refractivity (Wildman–Crippen MR) is 67.4 cm³/mol. The van der Waals surface area contributed by atoms with Gasteiger partial charge in [-0.05, 0) is 18.6 Å². The first-order valence-electron chi connectivity index (χ1n) is 4.64. The Balaban J connectivity index is 2.55. The van der Waals surface area contributed by atoms with E-state index in [4.69, 9.17) is 34.8 Å². The van der Waals surface area contributed by atoms with Crippen molar-refractivity contribution in [1.82, 2.24) is 0 Å². The molecule has 0 fully saturated rings. The van der Waals surface area contributed by atoms with Crippen LogP contribution < -0.4 is 4.90 Å². The summed E-state index contributed by atoms with van der Waals surface area (Å²) < 4.78 is 0. The number of carbonyl (C=O) groups excluding carboxylic acids is 2. The van der Waals surface area contributed by atoms with Gasteiger partial charge in [0.1, 0.15) is 10.1 Å². The Morgan fingerprint density at radius 1 is 1.00 bits per heavy atom. The molecule has 0 aromatic heterocycles. The highest BCUT2D eigenvalue weighted by Crippen LogP contribution is 2.36. The van der Waals surface area contributed by atoms with Crippen molar-refractivity contribution in [3.8, 4) is 0 Å². The van der Waals surface area contributed by atoms with Gasteiger partial charge in [0.15, 0.2) is 0 Å². The average Bonchev–Trinajstić information content (AvgIpc) is 2.49. The second-order valence-electron chi connectivity index (χ2n) is 3.48. The molecule has 2 rings (SSSR count). The van der Waals surface area contributed by atoms with Gasteiger partial charge in [0.05, 0.1) is 10.7 Å². The molecule has 0 saturated carbocycles. The molecule has 0 unspecified atom stereocenters. The average molecular weight is 291 g/mol. The van der Waals surface area contributed by atoms with Crippen molar-refractivity contribution in [3.05, 3.63) is 38.8 Å². The maximum Gasteiger partial charge on any atom is 0.278 e. The third-order valence-corrected chi connectivity index (χ3v) is 3.68. The van der Waals surface area contributed by atoms with Gasteiger partial charge in [-0.25, -0.2) is 4.90 Å². The molecule has 1 aromatic rings. The molecule has 88 valence electrons. The van der Waals surface area contributed by atoms with Crippen LogP contribution in [0.2, 0.25) is 5.02 Å². The van der Waals surface area contributed by atoms with Gasteiger partial charge < -0.3 is 0 Å². The van der Waals surface area contributed by atoms with Crippen molar-refractivity contribution >= 4 is 52.3 Å². The smallest absolute Gasteiger partial charge is 0.267 e. The molecule has 1 aliphatic rings. The normalized spacial score (nSPS) is 16.1. The summed E-state index contributed by atoms with van der Waals surface area (Å²) in [6, 6.07) is 5.02. The quantitative estimate of drug-likeness (QED) is 0.745. The maximum atomic E-state index is 11.8. The van der Waals surface area contributed by atoms with E-state index < -0.39 is 11.8 Å². The van der Waals surface area contributed by atoms with Crippen molar-refractivity contribution in [2.75, 3.05) is 4.90 Å². The van der Waals surface area contributed by atoms with Crippen LogP contribution in [0.25, 0.3) is 0 Å². The summed E-state index contributed by atoms with van der Waals surface area (Å²) >= 11 is 17.3. The number of hydrogen-bond donors (Lipinski definition) is 0. The number of halogens is 3. The van der Waals surface area contributed by atoms with E-state index in [0.29, 0.717) is 5.02 Å². The Bertz CT molecular complexity index is 542. The van der Waals surface area contributed by atoms with Crippen LogP contribution in [-0.4, -0.2) is 11.8 Å². The predicted octanol–water partition coefficient (Wildman–Crippen LogP) is 3.21. The first-order chi connectivity index (χ1) is 7.95. The minimum atomic E-state index is -0.658. The van der Waals surface area contributed by atoms with Crippen molar-refractivity contribution < 1.29 is 9.59 Å². The zero-order valence-corrected chi connectivity index (χ0v) is 10.9. The third-order valence-electron chi connectivity index (χ3n) is 2.39. The number of amides is 2. The number of nitrogens with zero attached hydrogens (tertiary/aromatic N) is 1. The fourth-order valence-electron chi connectivity index (χ4n) is 1.50. The Hall–Kier alpha value is -1.03. The molecule has 1 aliphatic heterocycles. The van der Waals surface area contributed by atoms with Gasteiger partial charge in [0, 0.05) is 0 Å². The molecule has 0 radical (unpaired) electrons. The van der Waals surface area contributed by atoms with Crippen LogP contribution in [0.4, 0.5) is 5.69 Å². The molecule has 1 heterocycles. The highest BCUT2D eigenvalue weighted by Gasteiger charge is 2.38. The van der Waals surface area contributed by atoms with Gasteiger partial charge in [0.2, 0.25) is 0 Å². The Morgan fingerprint density at radius 3 is 2.06 bits per heavy atom. The van der Waals surface area contributed by atoms with Gasteiger partial charge in [0.25, 0.3) is 11.8 Å². The lowest BCUT2D eigenvalue weighted by molar-refractivity contribution is -0.120. The van der Waals surface area contributed by atoms with E-state index in [1.54, 1.807) is 25.1 Å². The van der Waals surface area contributed by atoms with E-state index in [9.17, 15) is 9.59 Å². The van der Waals surface area contributed by atoms with Crippen molar-refractivity contribution in [2.45, 2.75) is 6.92 Å². The Kier molecular flexibility index (Phi) is 3.17. The monoisotopic (exact) mass is 289 g/mol. The first-order valence-corrected chi connectivity index (χ1v) is 5.77. The van der Waals surface area contributed by atoms with E-state index in [1.165, 1.54) is 0 Å². The van der Waals surface area contributed by atoms with Gasteiger partial charge in [-0.2, -0.15) is 0 Å². The molecule has 0 aliphatic carbocycles. The van der Waals surface area contributed by atoms with Crippen LogP contribution in [0, 0.1) is 6.92 Å². The molecular weight excluding hydrogens is 284 g/mol. The second kappa shape index (κ2) is 4.33. The summed E-state index contributed by atoms with van der Waals surface area (Å²) in [5.74, 6) is -1.32. The number of imide groups is 1. The minimum absolute atomic E-state index is 0.283. The van der Waals surface area contributed by atoms with Crippen LogP contribution in [0.15, 0.2) is 28.3 Å². The van der Waals surface area contributed by atoms with E-state index in [2.05, 4.69) is 0 Å². The molecule has 0 bridgehead atoms. The summed E-state index contributed by atoms with van der Waals surface area (Å²) in [6.07, 6.45) is 0. The number of aryl methyl sites for hydroxylation is 1. The van der Waals surface area contributed by atoms with Crippen LogP contribution >= 0.6 is 34.8 Å². The highest BCUT2D eigenvalue weighted by atomic mass is 35.5. The molecule has 2 amide bonds. The molecule has 0 atom stereocenters. The molecule has 6 heteroatoms. The number of rotatable bonds is 1. The zero-order chi connectivity index (χ0) is 12.7. The van der Waals surface area contributed by atoms with E-state index in [-0.39, 0.29) is 15.8 Å². The Labute approximate surface area is 113 Å². The zero-order valence-electron chi connectivity index (χ0n) is 8.63. The van der Waals surface area contributed by atoms with Crippen LogP contribution in [-0.2, 0) is 9.59 Å². The van der Waals surface area contributed by atoms with Gasteiger partial charge in [-0.1, -0.05) is 46.9 Å². The summed E-state index contributed by atoms with van der Waals surface area (Å²) in [6.45, 7) is 1.77. The van der Waals surface area contributed by atoms with Crippen molar-refractivity contribution in [1.29, 1.82) is 0 Å². The summed E-state index contributed by atoms with van der Waals surface area (Å²) in [7, 11) is 0. The second-order valence-corrected chi connectivity index (χ2v) is 4.62. The summed E-state index contributed by atoms with van der Waals surface area (Å²) in [5, 5.41) is -0.242. The molecular formula is C11H6Cl3NO2. The van der Waals surface area contributed by atoms with Gasteiger partial charge in [-0.15, -0.1) is 0 Å². The van der Waals surface area contributed by atoms with E-state index in [1.807, 2.05) is 0 Å². The van der Waals surface area contributed by atoms with Crippen molar-refractivity contribution in [3.63, 3.8) is 0 Å². The SMILES string of the molecule is Cc1cccc(N2C(=O)C(Cl)=C(Cl)C2=O)c1Cl. The van der Waals surface area contributed by atoms with Gasteiger partial charge >= 0.3 is 0 Å². The molecule has 17 heavy (non-hydrogen) atoms.